The molecule has 1 aliphatic heterocycles. The second-order valence-corrected chi connectivity index (χ2v) is 3.59. The second kappa shape index (κ2) is 4.52. The molecule has 1 aromatic heterocycles. The van der Waals surface area contributed by atoms with Crippen molar-refractivity contribution in [3.05, 3.63) is 11.9 Å². The van der Waals surface area contributed by atoms with E-state index in [2.05, 4.69) is 27.5 Å². The maximum atomic E-state index is 4.13. The normalized spacial score (nSPS) is 18.6. The molecule has 0 unspecified atom stereocenters. The molecule has 0 amide bonds. The molecule has 1 fully saturated rings. The molecule has 5 heteroatoms. The quantitative estimate of drug-likeness (QED) is 0.719. The molecule has 1 saturated heterocycles. The van der Waals surface area contributed by atoms with E-state index < -0.39 is 0 Å². The molecule has 2 rings (SSSR count). The molecule has 1 aromatic rings. The van der Waals surface area contributed by atoms with Gasteiger partial charge >= 0.3 is 0 Å². The highest BCUT2D eigenvalue weighted by Crippen LogP contribution is 2.01. The average Bonchev–Trinajstić information content (AvgIpc) is 2.67. The second-order valence-electron chi connectivity index (χ2n) is 3.59. The summed E-state index contributed by atoms with van der Waals surface area (Å²) in [6, 6.07) is 0. The molecule has 14 heavy (non-hydrogen) atoms. The number of rotatable bonds is 3. The molecule has 0 aliphatic carbocycles. The van der Waals surface area contributed by atoms with E-state index in [-0.39, 0.29) is 0 Å². The summed E-state index contributed by atoms with van der Waals surface area (Å²) in [7, 11) is 0. The predicted molar refractivity (Wildman–Crippen MR) is 53.8 cm³/mol. The molecule has 0 bridgehead atoms. The van der Waals surface area contributed by atoms with Crippen molar-refractivity contribution >= 4 is 0 Å². The number of hydrogen-bond donors (Lipinski definition) is 1. The summed E-state index contributed by atoms with van der Waals surface area (Å²) >= 11 is 0. The lowest BCUT2D eigenvalue weighted by atomic mass is 10.3. The third-order valence-electron chi connectivity index (χ3n) is 2.51. The Morgan fingerprint density at radius 3 is 2.86 bits per heavy atom. The molecule has 2 heterocycles. The maximum absolute atomic E-state index is 4.13. The van der Waals surface area contributed by atoms with Crippen LogP contribution < -0.4 is 5.32 Å². The summed E-state index contributed by atoms with van der Waals surface area (Å²) in [6.07, 6.45) is 2.03. The Morgan fingerprint density at radius 1 is 1.43 bits per heavy atom. The zero-order valence-electron chi connectivity index (χ0n) is 8.61. The highest BCUT2D eigenvalue weighted by Gasteiger charge is 2.11. The van der Waals surface area contributed by atoms with E-state index >= 15 is 0 Å². The lowest BCUT2D eigenvalue weighted by Crippen LogP contribution is -2.42. The highest BCUT2D eigenvalue weighted by molar-refractivity contribution is 4.92. The zero-order valence-corrected chi connectivity index (χ0v) is 8.61. The summed E-state index contributed by atoms with van der Waals surface area (Å²) in [5.74, 6) is 0. The van der Waals surface area contributed by atoms with E-state index in [1.54, 1.807) is 0 Å². The molecule has 0 radical (unpaired) electrons. The van der Waals surface area contributed by atoms with E-state index in [0.29, 0.717) is 0 Å². The zero-order chi connectivity index (χ0) is 9.80. The number of aromatic nitrogens is 3. The van der Waals surface area contributed by atoms with Gasteiger partial charge in [-0.25, -0.2) is 0 Å². The van der Waals surface area contributed by atoms with Crippen LogP contribution in [-0.2, 0) is 13.1 Å². The Bertz CT molecular complexity index is 276. The Kier molecular flexibility index (Phi) is 3.10. The summed E-state index contributed by atoms with van der Waals surface area (Å²) in [5.41, 5.74) is 1.08. The van der Waals surface area contributed by atoms with Crippen LogP contribution in [0.1, 0.15) is 12.6 Å². The van der Waals surface area contributed by atoms with Crippen LogP contribution in [0.25, 0.3) is 0 Å². The Hall–Kier alpha value is -0.940. The molecular formula is C9H17N5. The summed E-state index contributed by atoms with van der Waals surface area (Å²) in [6.45, 7) is 8.29. The largest absolute Gasteiger partial charge is 0.314 e. The first-order chi connectivity index (χ1) is 6.88. The van der Waals surface area contributed by atoms with Gasteiger partial charge in [-0.3, -0.25) is 9.58 Å². The van der Waals surface area contributed by atoms with Gasteiger partial charge in [0, 0.05) is 45.5 Å². The maximum Gasteiger partial charge on any atom is 0.0967 e. The van der Waals surface area contributed by atoms with Gasteiger partial charge in [0.15, 0.2) is 0 Å². The monoisotopic (exact) mass is 195 g/mol. The van der Waals surface area contributed by atoms with Crippen molar-refractivity contribution in [2.45, 2.75) is 20.0 Å². The van der Waals surface area contributed by atoms with Crippen LogP contribution in [0.5, 0.6) is 0 Å². The van der Waals surface area contributed by atoms with Crippen LogP contribution in [0.15, 0.2) is 6.20 Å². The Balaban J connectivity index is 1.89. The first kappa shape index (κ1) is 9.61. The number of nitrogens with zero attached hydrogens (tertiary/aromatic N) is 4. The fourth-order valence-corrected chi connectivity index (χ4v) is 1.66. The van der Waals surface area contributed by atoms with E-state index in [0.717, 1.165) is 45.0 Å². The van der Waals surface area contributed by atoms with E-state index in [1.165, 1.54) is 0 Å². The van der Waals surface area contributed by atoms with Crippen LogP contribution in [0.4, 0.5) is 0 Å². The highest BCUT2D eigenvalue weighted by atomic mass is 15.4. The summed E-state index contributed by atoms with van der Waals surface area (Å²) in [5, 5.41) is 11.5. The first-order valence-corrected chi connectivity index (χ1v) is 5.20. The number of aryl methyl sites for hydroxylation is 1. The van der Waals surface area contributed by atoms with Crippen molar-refractivity contribution in [2.24, 2.45) is 0 Å². The number of hydrogen-bond acceptors (Lipinski definition) is 4. The summed E-state index contributed by atoms with van der Waals surface area (Å²) < 4.78 is 1.87. The lowest BCUT2D eigenvalue weighted by molar-refractivity contribution is 0.230. The minimum absolute atomic E-state index is 0.897. The van der Waals surface area contributed by atoms with Crippen LogP contribution >= 0.6 is 0 Å². The topological polar surface area (TPSA) is 46.0 Å². The number of nitrogens with one attached hydrogen (secondary N) is 1. The van der Waals surface area contributed by atoms with Crippen molar-refractivity contribution < 1.29 is 0 Å². The van der Waals surface area contributed by atoms with Crippen molar-refractivity contribution in [2.75, 3.05) is 26.2 Å². The van der Waals surface area contributed by atoms with Gasteiger partial charge in [-0.15, -0.1) is 5.10 Å². The molecule has 5 nitrogen and oxygen atoms in total. The van der Waals surface area contributed by atoms with Crippen LogP contribution in [0.2, 0.25) is 0 Å². The molecule has 0 aromatic carbocycles. The SMILES string of the molecule is CCn1cc(CN2CCNCC2)nn1. The van der Waals surface area contributed by atoms with E-state index in [9.17, 15) is 0 Å². The Morgan fingerprint density at radius 2 is 2.21 bits per heavy atom. The number of piperazine rings is 1. The van der Waals surface area contributed by atoms with Crippen LogP contribution in [0.3, 0.4) is 0 Å². The fraction of sp³-hybridized carbons (Fsp3) is 0.778. The van der Waals surface area contributed by atoms with Gasteiger partial charge in [-0.1, -0.05) is 5.21 Å². The van der Waals surface area contributed by atoms with E-state index in [4.69, 9.17) is 0 Å². The Labute approximate surface area is 84.1 Å². The minimum Gasteiger partial charge on any atom is -0.314 e. The van der Waals surface area contributed by atoms with Gasteiger partial charge in [0.05, 0.1) is 5.69 Å². The molecule has 0 spiro atoms. The smallest absolute Gasteiger partial charge is 0.0967 e. The molecule has 78 valence electrons. The van der Waals surface area contributed by atoms with Gasteiger partial charge < -0.3 is 5.32 Å². The molecule has 1 aliphatic rings. The standard InChI is InChI=1S/C9H17N5/c1-2-14-8-9(11-12-14)7-13-5-3-10-4-6-13/h8,10H,2-7H2,1H3. The van der Waals surface area contributed by atoms with Gasteiger partial charge in [0.1, 0.15) is 0 Å². The van der Waals surface area contributed by atoms with Gasteiger partial charge in [0.2, 0.25) is 0 Å². The molecular weight excluding hydrogens is 178 g/mol. The van der Waals surface area contributed by atoms with Gasteiger partial charge in [-0.05, 0) is 6.92 Å². The van der Waals surface area contributed by atoms with Crippen molar-refractivity contribution in [3.8, 4) is 0 Å². The first-order valence-electron chi connectivity index (χ1n) is 5.20. The van der Waals surface area contributed by atoms with Crippen molar-refractivity contribution in [1.29, 1.82) is 0 Å². The third-order valence-corrected chi connectivity index (χ3v) is 2.51. The van der Waals surface area contributed by atoms with Crippen LogP contribution in [0, 0.1) is 0 Å². The van der Waals surface area contributed by atoms with E-state index in [1.807, 2.05) is 10.9 Å². The fourth-order valence-electron chi connectivity index (χ4n) is 1.66. The summed E-state index contributed by atoms with van der Waals surface area (Å²) in [4.78, 5) is 2.40. The lowest BCUT2D eigenvalue weighted by Gasteiger charge is -2.25. The van der Waals surface area contributed by atoms with Crippen molar-refractivity contribution in [3.63, 3.8) is 0 Å². The third kappa shape index (κ3) is 2.30. The molecule has 1 N–H and O–H groups in total. The minimum atomic E-state index is 0.897. The predicted octanol–water partition coefficient (Wildman–Crippen LogP) is -0.297. The molecule has 0 atom stereocenters. The van der Waals surface area contributed by atoms with Gasteiger partial charge in [-0.2, -0.15) is 0 Å². The van der Waals surface area contributed by atoms with Gasteiger partial charge in [0.25, 0.3) is 0 Å². The average molecular weight is 195 g/mol. The molecule has 0 saturated carbocycles. The van der Waals surface area contributed by atoms with Crippen LogP contribution in [-0.4, -0.2) is 46.1 Å². The van der Waals surface area contributed by atoms with Crippen molar-refractivity contribution in [1.82, 2.24) is 25.2 Å².